The fourth-order valence-electron chi connectivity index (χ4n) is 1.27. The summed E-state index contributed by atoms with van der Waals surface area (Å²) in [7, 11) is 0. The van der Waals surface area contributed by atoms with Gasteiger partial charge in [0, 0.05) is 12.1 Å². The molecule has 2 aromatic rings. The zero-order valence-electron chi connectivity index (χ0n) is 7.75. The second-order valence-corrected chi connectivity index (χ2v) is 2.87. The lowest BCUT2D eigenvalue weighted by atomic mass is 10.2. The van der Waals surface area contributed by atoms with Crippen molar-refractivity contribution in [1.82, 2.24) is 20.2 Å². The predicted octanol–water partition coefficient (Wildman–Crippen LogP) is 1.07. The monoisotopic (exact) mass is 190 g/mol. The molecule has 2 rings (SSSR count). The highest BCUT2D eigenvalue weighted by Gasteiger charge is 2.06. The number of aromatic hydroxyl groups is 1. The van der Waals surface area contributed by atoms with Crippen molar-refractivity contribution in [2.24, 2.45) is 0 Å². The van der Waals surface area contributed by atoms with Crippen LogP contribution in [0, 0.1) is 0 Å². The van der Waals surface area contributed by atoms with Crippen molar-refractivity contribution in [3.8, 4) is 17.1 Å². The number of aryl methyl sites for hydroxylation is 1. The molecule has 5 heteroatoms. The smallest absolute Gasteiger partial charge is 0.182 e. The van der Waals surface area contributed by atoms with Crippen molar-refractivity contribution in [2.75, 3.05) is 0 Å². The van der Waals surface area contributed by atoms with E-state index in [-0.39, 0.29) is 5.75 Å². The largest absolute Gasteiger partial charge is 0.508 e. The Morgan fingerprint density at radius 1 is 1.43 bits per heavy atom. The summed E-state index contributed by atoms with van der Waals surface area (Å²) < 4.78 is 1.68. The molecule has 0 radical (unpaired) electrons. The molecule has 0 saturated heterocycles. The van der Waals surface area contributed by atoms with E-state index < -0.39 is 0 Å². The van der Waals surface area contributed by atoms with Gasteiger partial charge in [-0.15, -0.1) is 5.10 Å². The van der Waals surface area contributed by atoms with E-state index in [1.165, 1.54) is 0 Å². The van der Waals surface area contributed by atoms with Crippen LogP contribution in [0.4, 0.5) is 0 Å². The van der Waals surface area contributed by atoms with E-state index in [4.69, 9.17) is 0 Å². The third-order valence-corrected chi connectivity index (χ3v) is 1.94. The molecule has 1 aromatic heterocycles. The maximum absolute atomic E-state index is 9.30. The molecule has 0 fully saturated rings. The topological polar surface area (TPSA) is 63.8 Å². The minimum Gasteiger partial charge on any atom is -0.508 e. The number of aromatic nitrogens is 4. The first-order valence-corrected chi connectivity index (χ1v) is 4.37. The van der Waals surface area contributed by atoms with E-state index in [0.29, 0.717) is 12.4 Å². The van der Waals surface area contributed by atoms with Gasteiger partial charge in [-0.3, -0.25) is 0 Å². The fraction of sp³-hybridized carbons (Fsp3) is 0.222. The van der Waals surface area contributed by atoms with Gasteiger partial charge in [0.1, 0.15) is 5.75 Å². The van der Waals surface area contributed by atoms with Crippen LogP contribution in [0.2, 0.25) is 0 Å². The molecule has 1 heterocycles. The van der Waals surface area contributed by atoms with Crippen LogP contribution in [0.3, 0.4) is 0 Å². The normalized spacial score (nSPS) is 10.4. The molecular weight excluding hydrogens is 180 g/mol. The molecule has 0 aliphatic rings. The predicted molar refractivity (Wildman–Crippen MR) is 50.6 cm³/mol. The van der Waals surface area contributed by atoms with E-state index in [1.54, 1.807) is 22.9 Å². The van der Waals surface area contributed by atoms with Gasteiger partial charge in [-0.05, 0) is 29.5 Å². The summed E-state index contributed by atoms with van der Waals surface area (Å²) in [6.45, 7) is 2.67. The summed E-state index contributed by atoms with van der Waals surface area (Å²) in [5.41, 5.74) is 0.817. The zero-order valence-corrected chi connectivity index (χ0v) is 7.75. The number of phenols is 1. The Labute approximate surface area is 81.0 Å². The van der Waals surface area contributed by atoms with Gasteiger partial charge in [0.25, 0.3) is 0 Å². The number of hydrogen-bond acceptors (Lipinski definition) is 4. The highest BCUT2D eigenvalue weighted by molar-refractivity contribution is 5.56. The highest BCUT2D eigenvalue weighted by atomic mass is 16.3. The second-order valence-electron chi connectivity index (χ2n) is 2.87. The van der Waals surface area contributed by atoms with Gasteiger partial charge in [0.05, 0.1) is 0 Å². The van der Waals surface area contributed by atoms with Crippen LogP contribution in [-0.2, 0) is 6.54 Å². The van der Waals surface area contributed by atoms with Gasteiger partial charge in [-0.2, -0.15) is 0 Å². The highest BCUT2D eigenvalue weighted by Crippen LogP contribution is 2.20. The van der Waals surface area contributed by atoms with Gasteiger partial charge in [0.15, 0.2) is 5.82 Å². The standard InChI is InChI=1S/C9H10N4O/c1-2-13-9(10-11-12-13)7-4-3-5-8(14)6-7/h3-6,14H,2H2,1H3. The number of nitrogens with zero attached hydrogens (tertiary/aromatic N) is 4. The number of hydrogen-bond donors (Lipinski definition) is 1. The SMILES string of the molecule is CCn1nnnc1-c1cccc(O)c1. The van der Waals surface area contributed by atoms with E-state index in [1.807, 2.05) is 13.0 Å². The first-order valence-electron chi connectivity index (χ1n) is 4.37. The van der Waals surface area contributed by atoms with E-state index in [9.17, 15) is 5.11 Å². The van der Waals surface area contributed by atoms with Crippen molar-refractivity contribution < 1.29 is 5.11 Å². The van der Waals surface area contributed by atoms with Gasteiger partial charge in [0.2, 0.25) is 0 Å². The van der Waals surface area contributed by atoms with Crippen LogP contribution in [0.25, 0.3) is 11.4 Å². The molecular formula is C9H10N4O. The molecule has 0 spiro atoms. The molecule has 0 aliphatic carbocycles. The minimum atomic E-state index is 0.216. The van der Waals surface area contributed by atoms with Gasteiger partial charge < -0.3 is 5.11 Å². The van der Waals surface area contributed by atoms with E-state index in [2.05, 4.69) is 15.5 Å². The molecule has 0 unspecified atom stereocenters. The van der Waals surface area contributed by atoms with Crippen molar-refractivity contribution in [2.45, 2.75) is 13.5 Å². The van der Waals surface area contributed by atoms with Gasteiger partial charge >= 0.3 is 0 Å². The van der Waals surface area contributed by atoms with Gasteiger partial charge in [-0.25, -0.2) is 4.68 Å². The Balaban J connectivity index is 2.49. The van der Waals surface area contributed by atoms with E-state index in [0.717, 1.165) is 5.56 Å². The summed E-state index contributed by atoms with van der Waals surface area (Å²) in [6, 6.07) is 6.87. The third-order valence-electron chi connectivity index (χ3n) is 1.94. The van der Waals surface area contributed by atoms with Crippen LogP contribution in [-0.4, -0.2) is 25.3 Å². The van der Waals surface area contributed by atoms with Crippen LogP contribution in [0.5, 0.6) is 5.75 Å². The number of rotatable bonds is 2. The van der Waals surface area contributed by atoms with Crippen molar-refractivity contribution in [3.05, 3.63) is 24.3 Å². The van der Waals surface area contributed by atoms with Crippen LogP contribution in [0.1, 0.15) is 6.92 Å². The lowest BCUT2D eigenvalue weighted by Crippen LogP contribution is -1.99. The average molecular weight is 190 g/mol. The average Bonchev–Trinajstić information content (AvgIpc) is 2.65. The summed E-state index contributed by atoms with van der Waals surface area (Å²) >= 11 is 0. The number of benzene rings is 1. The minimum absolute atomic E-state index is 0.216. The second kappa shape index (κ2) is 3.45. The molecule has 0 amide bonds. The van der Waals surface area contributed by atoms with Gasteiger partial charge in [-0.1, -0.05) is 12.1 Å². The van der Waals surface area contributed by atoms with Crippen molar-refractivity contribution in [3.63, 3.8) is 0 Å². The van der Waals surface area contributed by atoms with Crippen LogP contribution < -0.4 is 0 Å². The molecule has 1 N–H and O–H groups in total. The molecule has 0 bridgehead atoms. The molecule has 72 valence electrons. The first kappa shape index (κ1) is 8.68. The van der Waals surface area contributed by atoms with Crippen molar-refractivity contribution in [1.29, 1.82) is 0 Å². The number of phenolic OH excluding ortho intramolecular Hbond substituents is 1. The third kappa shape index (κ3) is 1.44. The van der Waals surface area contributed by atoms with Crippen LogP contribution >= 0.6 is 0 Å². The summed E-state index contributed by atoms with van der Waals surface area (Å²) in [4.78, 5) is 0. The van der Waals surface area contributed by atoms with E-state index >= 15 is 0 Å². The summed E-state index contributed by atoms with van der Waals surface area (Å²) in [5.74, 6) is 0.886. The Kier molecular flexibility index (Phi) is 2.14. The first-order chi connectivity index (χ1) is 6.81. The number of tetrazole rings is 1. The zero-order chi connectivity index (χ0) is 9.97. The Morgan fingerprint density at radius 3 is 3.00 bits per heavy atom. The Bertz CT molecular complexity index is 438. The molecule has 1 aromatic carbocycles. The molecule has 5 nitrogen and oxygen atoms in total. The lowest BCUT2D eigenvalue weighted by Gasteiger charge is -2.00. The maximum Gasteiger partial charge on any atom is 0.182 e. The molecule has 0 atom stereocenters. The lowest BCUT2D eigenvalue weighted by molar-refractivity contribution is 0.475. The molecule has 0 aliphatic heterocycles. The fourth-order valence-corrected chi connectivity index (χ4v) is 1.27. The summed E-state index contributed by atoms with van der Waals surface area (Å²) in [5, 5.41) is 20.6. The molecule has 14 heavy (non-hydrogen) atoms. The summed E-state index contributed by atoms with van der Waals surface area (Å²) in [6.07, 6.45) is 0. The quantitative estimate of drug-likeness (QED) is 0.769. The maximum atomic E-state index is 9.30. The molecule has 0 saturated carbocycles. The Morgan fingerprint density at radius 2 is 2.29 bits per heavy atom. The Hall–Kier alpha value is -1.91. The van der Waals surface area contributed by atoms with Crippen LogP contribution in [0.15, 0.2) is 24.3 Å². The van der Waals surface area contributed by atoms with Crippen molar-refractivity contribution >= 4 is 0 Å².